The van der Waals surface area contributed by atoms with Crippen molar-refractivity contribution in [2.45, 2.75) is 25.4 Å². The summed E-state index contributed by atoms with van der Waals surface area (Å²) in [5.74, 6) is -0.181. The molecule has 2 aromatic rings. The lowest BCUT2D eigenvalue weighted by Gasteiger charge is -2.33. The number of nitrogens with zero attached hydrogens (tertiary/aromatic N) is 1. The van der Waals surface area contributed by atoms with Crippen LogP contribution in [-0.4, -0.2) is 24.4 Å². The molecule has 2 aliphatic heterocycles. The normalized spacial score (nSPS) is 18.4. The Bertz CT molecular complexity index is 852. The fourth-order valence-corrected chi connectivity index (χ4v) is 3.69. The molecule has 4 rings (SSSR count). The van der Waals surface area contributed by atoms with Gasteiger partial charge in [0, 0.05) is 23.7 Å². The number of rotatable bonds is 3. The third-order valence-electron chi connectivity index (χ3n) is 4.78. The lowest BCUT2D eigenvalue weighted by molar-refractivity contribution is -0.117. The van der Waals surface area contributed by atoms with Crippen molar-refractivity contribution in [2.75, 3.05) is 16.8 Å². The molecule has 5 nitrogen and oxygen atoms in total. The molecule has 1 saturated heterocycles. The highest BCUT2D eigenvalue weighted by Gasteiger charge is 2.36. The maximum Gasteiger partial charge on any atom is 0.251 e. The van der Waals surface area contributed by atoms with E-state index in [9.17, 15) is 9.59 Å². The summed E-state index contributed by atoms with van der Waals surface area (Å²) >= 11 is 6.11. The number of fused-ring (bicyclic) bond motifs is 3. The minimum Gasteiger partial charge on any atom is -0.358 e. The second-order valence-corrected chi connectivity index (χ2v) is 6.75. The van der Waals surface area contributed by atoms with Crippen molar-refractivity contribution in [1.82, 2.24) is 5.32 Å². The first-order chi connectivity index (χ1) is 12.1. The van der Waals surface area contributed by atoms with Crippen LogP contribution in [0.25, 0.3) is 0 Å². The maximum absolute atomic E-state index is 12.4. The van der Waals surface area contributed by atoms with Crippen LogP contribution in [-0.2, 0) is 11.3 Å². The van der Waals surface area contributed by atoms with Crippen molar-refractivity contribution in [3.05, 3.63) is 58.6 Å². The second-order valence-electron chi connectivity index (χ2n) is 6.35. The Hall–Kier alpha value is -2.53. The number of nitrogens with one attached hydrogen (secondary N) is 2. The largest absolute Gasteiger partial charge is 0.358 e. The Morgan fingerprint density at radius 1 is 1.28 bits per heavy atom. The van der Waals surface area contributed by atoms with Gasteiger partial charge in [0.1, 0.15) is 6.04 Å². The summed E-state index contributed by atoms with van der Waals surface area (Å²) in [5.41, 5.74) is 3.07. The molecule has 0 bridgehead atoms. The summed E-state index contributed by atoms with van der Waals surface area (Å²) in [6.45, 7) is 1.24. The molecule has 2 amide bonds. The number of benzene rings is 2. The molecule has 0 saturated carbocycles. The Morgan fingerprint density at radius 3 is 2.96 bits per heavy atom. The highest BCUT2D eigenvalue weighted by Crippen LogP contribution is 2.37. The zero-order valence-corrected chi connectivity index (χ0v) is 14.3. The molecule has 2 N–H and O–H groups in total. The summed E-state index contributed by atoms with van der Waals surface area (Å²) in [6.07, 6.45) is 1.89. The number of carbonyl (C=O) groups is 2. The molecule has 0 spiro atoms. The molecule has 0 aliphatic carbocycles. The summed E-state index contributed by atoms with van der Waals surface area (Å²) in [5, 5.41) is 6.42. The number of halogens is 1. The number of carbonyl (C=O) groups excluding carboxylic acids is 2. The van der Waals surface area contributed by atoms with Crippen LogP contribution in [0.1, 0.15) is 28.8 Å². The van der Waals surface area contributed by atoms with Crippen LogP contribution in [0.15, 0.2) is 42.5 Å². The van der Waals surface area contributed by atoms with Crippen molar-refractivity contribution in [3.63, 3.8) is 0 Å². The third kappa shape index (κ3) is 2.96. The van der Waals surface area contributed by atoms with Crippen LogP contribution in [0, 0.1) is 0 Å². The Kier molecular flexibility index (Phi) is 4.09. The Labute approximate surface area is 151 Å². The number of hydrogen-bond donors (Lipinski definition) is 2. The van der Waals surface area contributed by atoms with E-state index in [1.807, 2.05) is 24.3 Å². The molecule has 2 heterocycles. The van der Waals surface area contributed by atoms with Gasteiger partial charge in [0.2, 0.25) is 5.91 Å². The van der Waals surface area contributed by atoms with Gasteiger partial charge in [-0.1, -0.05) is 29.8 Å². The SMILES string of the molecule is O=C(NCc1ccccc1Cl)c1ccc2c(c1)NC(=O)C1CCCN21. The van der Waals surface area contributed by atoms with E-state index in [-0.39, 0.29) is 17.9 Å². The van der Waals surface area contributed by atoms with E-state index in [0.29, 0.717) is 22.8 Å². The van der Waals surface area contributed by atoms with Crippen LogP contribution in [0.4, 0.5) is 11.4 Å². The molecule has 1 unspecified atom stereocenters. The second kappa shape index (κ2) is 6.41. The zero-order valence-electron chi connectivity index (χ0n) is 13.6. The summed E-state index contributed by atoms with van der Waals surface area (Å²) in [7, 11) is 0. The van der Waals surface area contributed by atoms with Crippen LogP contribution in [0.3, 0.4) is 0 Å². The van der Waals surface area contributed by atoms with Gasteiger partial charge in [-0.05, 0) is 42.7 Å². The standard InChI is InChI=1S/C19H18ClN3O2/c20-14-5-2-1-4-13(14)11-21-18(24)12-7-8-16-15(10-12)22-19(25)17-6-3-9-23(16)17/h1-2,4-5,7-8,10,17H,3,6,9,11H2,(H,21,24)(H,22,25). The van der Waals surface area contributed by atoms with E-state index >= 15 is 0 Å². The first kappa shape index (κ1) is 16.0. The monoisotopic (exact) mass is 355 g/mol. The molecule has 128 valence electrons. The smallest absolute Gasteiger partial charge is 0.251 e. The minimum atomic E-state index is -0.194. The molecule has 2 aromatic carbocycles. The summed E-state index contributed by atoms with van der Waals surface area (Å²) in [4.78, 5) is 26.8. The van der Waals surface area contributed by atoms with E-state index in [4.69, 9.17) is 11.6 Å². The van der Waals surface area contributed by atoms with E-state index in [2.05, 4.69) is 15.5 Å². The highest BCUT2D eigenvalue weighted by molar-refractivity contribution is 6.31. The van der Waals surface area contributed by atoms with Crippen molar-refractivity contribution in [1.29, 1.82) is 0 Å². The average Bonchev–Trinajstić information content (AvgIpc) is 3.11. The van der Waals surface area contributed by atoms with Crippen molar-refractivity contribution < 1.29 is 9.59 Å². The minimum absolute atomic E-state index is 0.0126. The van der Waals surface area contributed by atoms with Gasteiger partial charge in [-0.3, -0.25) is 9.59 Å². The number of hydrogen-bond acceptors (Lipinski definition) is 3. The van der Waals surface area contributed by atoms with Crippen molar-refractivity contribution >= 4 is 34.8 Å². The van der Waals surface area contributed by atoms with E-state index in [0.717, 1.165) is 30.6 Å². The third-order valence-corrected chi connectivity index (χ3v) is 5.15. The summed E-state index contributed by atoms with van der Waals surface area (Å²) in [6, 6.07) is 12.8. The van der Waals surface area contributed by atoms with Gasteiger partial charge in [0.15, 0.2) is 0 Å². The maximum atomic E-state index is 12.4. The predicted molar refractivity (Wildman–Crippen MR) is 98.1 cm³/mol. The van der Waals surface area contributed by atoms with Crippen molar-refractivity contribution in [3.8, 4) is 0 Å². The van der Waals surface area contributed by atoms with Gasteiger partial charge in [0.25, 0.3) is 5.91 Å². The van der Waals surface area contributed by atoms with E-state index < -0.39 is 0 Å². The van der Waals surface area contributed by atoms with Crippen LogP contribution in [0.5, 0.6) is 0 Å². The fourth-order valence-electron chi connectivity index (χ4n) is 3.49. The van der Waals surface area contributed by atoms with Gasteiger partial charge in [-0.2, -0.15) is 0 Å². The quantitative estimate of drug-likeness (QED) is 0.888. The van der Waals surface area contributed by atoms with Gasteiger partial charge in [0.05, 0.1) is 11.4 Å². The zero-order chi connectivity index (χ0) is 17.4. The number of anilines is 2. The average molecular weight is 356 g/mol. The predicted octanol–water partition coefficient (Wildman–Crippen LogP) is 3.19. The van der Waals surface area contributed by atoms with Crippen LogP contribution < -0.4 is 15.5 Å². The molecule has 0 radical (unpaired) electrons. The van der Waals surface area contributed by atoms with E-state index in [1.54, 1.807) is 18.2 Å². The van der Waals surface area contributed by atoms with Crippen LogP contribution in [0.2, 0.25) is 5.02 Å². The van der Waals surface area contributed by atoms with Gasteiger partial charge in [-0.15, -0.1) is 0 Å². The fraction of sp³-hybridized carbons (Fsp3) is 0.263. The molecule has 25 heavy (non-hydrogen) atoms. The van der Waals surface area contributed by atoms with Gasteiger partial charge in [-0.25, -0.2) is 0 Å². The van der Waals surface area contributed by atoms with Crippen molar-refractivity contribution in [2.24, 2.45) is 0 Å². The molecule has 2 aliphatic rings. The highest BCUT2D eigenvalue weighted by atomic mass is 35.5. The first-order valence-electron chi connectivity index (χ1n) is 8.36. The first-order valence-corrected chi connectivity index (χ1v) is 8.74. The molecule has 1 fully saturated rings. The molecular formula is C19H18ClN3O2. The summed E-state index contributed by atoms with van der Waals surface area (Å²) < 4.78 is 0. The molecule has 6 heteroatoms. The topological polar surface area (TPSA) is 61.4 Å². The van der Waals surface area contributed by atoms with Gasteiger partial charge < -0.3 is 15.5 Å². The lowest BCUT2D eigenvalue weighted by atomic mass is 10.1. The molecule has 1 atom stereocenters. The van der Waals surface area contributed by atoms with Gasteiger partial charge >= 0.3 is 0 Å². The van der Waals surface area contributed by atoms with E-state index in [1.165, 1.54) is 0 Å². The van der Waals surface area contributed by atoms with Crippen LogP contribution >= 0.6 is 11.6 Å². The lowest BCUT2D eigenvalue weighted by Crippen LogP contribution is -2.44. The molecule has 0 aromatic heterocycles. The molecular weight excluding hydrogens is 338 g/mol. The Balaban J connectivity index is 1.52. The Morgan fingerprint density at radius 2 is 2.12 bits per heavy atom. The number of amides is 2.